The monoisotopic (exact) mass is 254 g/mol. The molecule has 0 radical (unpaired) electrons. The minimum Gasteiger partial charge on any atom is -0.465 e. The van der Waals surface area contributed by atoms with Crippen molar-refractivity contribution in [3.8, 4) is 11.1 Å². The molecule has 19 heavy (non-hydrogen) atoms. The van der Waals surface area contributed by atoms with Crippen LogP contribution in [0.5, 0.6) is 0 Å². The van der Waals surface area contributed by atoms with Crippen LogP contribution in [-0.2, 0) is 4.74 Å². The van der Waals surface area contributed by atoms with Crippen molar-refractivity contribution >= 4 is 11.8 Å². The molecule has 0 N–H and O–H groups in total. The van der Waals surface area contributed by atoms with Crippen LogP contribution in [0.3, 0.4) is 0 Å². The molecule has 0 saturated heterocycles. The molecule has 3 heteroatoms. The third-order valence-corrected chi connectivity index (χ3v) is 2.91. The normalized spacial score (nSPS) is 10.0. The number of ketones is 1. The Morgan fingerprint density at radius 3 is 2.21 bits per heavy atom. The van der Waals surface area contributed by atoms with E-state index in [1.54, 1.807) is 12.1 Å². The third-order valence-electron chi connectivity index (χ3n) is 2.91. The molecular formula is C16H14O3. The summed E-state index contributed by atoms with van der Waals surface area (Å²) in [4.78, 5) is 23.6. The zero-order valence-corrected chi connectivity index (χ0v) is 10.8. The molecule has 0 aliphatic rings. The lowest BCUT2D eigenvalue weighted by molar-refractivity contribution is 0.0597. The number of carbonyl (C=O) groups excluding carboxylic acids is 2. The summed E-state index contributed by atoms with van der Waals surface area (Å²) in [7, 11) is 1.31. The Hall–Kier alpha value is -2.42. The molecule has 2 aromatic carbocycles. The summed E-state index contributed by atoms with van der Waals surface area (Å²) in [5, 5.41) is 0. The van der Waals surface area contributed by atoms with Gasteiger partial charge in [0, 0.05) is 5.56 Å². The molecule has 96 valence electrons. The predicted molar refractivity (Wildman–Crippen MR) is 73.2 cm³/mol. The van der Waals surface area contributed by atoms with Gasteiger partial charge in [-0.2, -0.15) is 0 Å². The van der Waals surface area contributed by atoms with E-state index in [0.29, 0.717) is 11.1 Å². The molecule has 0 spiro atoms. The highest BCUT2D eigenvalue weighted by molar-refractivity contribution is 6.09. The van der Waals surface area contributed by atoms with Crippen LogP contribution >= 0.6 is 0 Å². The van der Waals surface area contributed by atoms with Crippen LogP contribution in [0.2, 0.25) is 0 Å². The van der Waals surface area contributed by atoms with Gasteiger partial charge in [0.2, 0.25) is 0 Å². The van der Waals surface area contributed by atoms with Gasteiger partial charge in [-0.05, 0) is 24.1 Å². The van der Waals surface area contributed by atoms with Crippen LogP contribution in [0.1, 0.15) is 27.6 Å². The topological polar surface area (TPSA) is 43.4 Å². The number of carbonyl (C=O) groups is 2. The molecule has 0 unspecified atom stereocenters. The first-order valence-electron chi connectivity index (χ1n) is 5.93. The maximum absolute atomic E-state index is 11.9. The number of rotatable bonds is 3. The summed E-state index contributed by atoms with van der Waals surface area (Å²) in [5.41, 5.74) is 2.35. The van der Waals surface area contributed by atoms with Crippen LogP contribution in [0.25, 0.3) is 11.1 Å². The van der Waals surface area contributed by atoms with Gasteiger partial charge in [0.25, 0.3) is 0 Å². The molecule has 3 nitrogen and oxygen atoms in total. The number of Topliss-reactive ketones (excluding diaryl/α,β-unsaturated/α-hetero) is 1. The van der Waals surface area contributed by atoms with Gasteiger partial charge in [-0.15, -0.1) is 0 Å². The van der Waals surface area contributed by atoms with Crippen LogP contribution < -0.4 is 0 Å². The Bertz CT molecular complexity index is 615. The number of hydrogen-bond donors (Lipinski definition) is 0. The standard InChI is InChI=1S/C16H14O3/c1-11(17)15-13(12-7-4-3-5-8-12)9-6-10-14(15)16(18)19-2/h3-10H,1-2H3. The van der Waals surface area contributed by atoms with Crippen LogP contribution in [0.15, 0.2) is 48.5 Å². The van der Waals surface area contributed by atoms with Crippen molar-refractivity contribution in [2.24, 2.45) is 0 Å². The largest absolute Gasteiger partial charge is 0.465 e. The summed E-state index contributed by atoms with van der Waals surface area (Å²) in [5.74, 6) is -0.650. The van der Waals surface area contributed by atoms with E-state index in [0.717, 1.165) is 11.1 Å². The first kappa shape index (κ1) is 13.0. The Morgan fingerprint density at radius 1 is 0.947 bits per heavy atom. The maximum Gasteiger partial charge on any atom is 0.338 e. The molecule has 0 fully saturated rings. The number of esters is 1. The molecule has 2 rings (SSSR count). The van der Waals surface area contributed by atoms with E-state index >= 15 is 0 Å². The highest BCUT2D eigenvalue weighted by atomic mass is 16.5. The molecule has 0 aliphatic heterocycles. The first-order chi connectivity index (χ1) is 9.15. The van der Waals surface area contributed by atoms with Gasteiger partial charge in [0.1, 0.15) is 0 Å². The average molecular weight is 254 g/mol. The Kier molecular flexibility index (Phi) is 3.76. The second-order valence-corrected chi connectivity index (χ2v) is 4.14. The van der Waals surface area contributed by atoms with Crippen molar-refractivity contribution in [1.29, 1.82) is 0 Å². The van der Waals surface area contributed by atoms with E-state index in [2.05, 4.69) is 0 Å². The maximum atomic E-state index is 11.9. The number of ether oxygens (including phenoxy) is 1. The zero-order valence-electron chi connectivity index (χ0n) is 10.8. The Labute approximate surface area is 111 Å². The van der Waals surface area contributed by atoms with Crippen molar-refractivity contribution in [3.63, 3.8) is 0 Å². The smallest absolute Gasteiger partial charge is 0.338 e. The molecule has 0 aromatic heterocycles. The number of hydrogen-bond acceptors (Lipinski definition) is 3. The number of benzene rings is 2. The highest BCUT2D eigenvalue weighted by Crippen LogP contribution is 2.27. The van der Waals surface area contributed by atoms with Crippen molar-refractivity contribution in [2.75, 3.05) is 7.11 Å². The van der Waals surface area contributed by atoms with Crippen molar-refractivity contribution in [1.82, 2.24) is 0 Å². The molecule has 0 atom stereocenters. The molecular weight excluding hydrogens is 240 g/mol. The van der Waals surface area contributed by atoms with E-state index in [1.807, 2.05) is 36.4 Å². The van der Waals surface area contributed by atoms with Gasteiger partial charge < -0.3 is 4.74 Å². The SMILES string of the molecule is COC(=O)c1cccc(-c2ccccc2)c1C(C)=O. The summed E-state index contributed by atoms with van der Waals surface area (Å²) in [6, 6.07) is 14.7. The summed E-state index contributed by atoms with van der Waals surface area (Å²) in [6.07, 6.45) is 0. The van der Waals surface area contributed by atoms with Crippen molar-refractivity contribution in [3.05, 3.63) is 59.7 Å². The lowest BCUT2D eigenvalue weighted by Gasteiger charge is -2.11. The molecule has 0 heterocycles. The number of methoxy groups -OCH3 is 1. The predicted octanol–water partition coefficient (Wildman–Crippen LogP) is 3.34. The fourth-order valence-electron chi connectivity index (χ4n) is 2.07. The van der Waals surface area contributed by atoms with Crippen molar-refractivity contribution in [2.45, 2.75) is 6.92 Å². The van der Waals surface area contributed by atoms with Gasteiger partial charge in [0.05, 0.1) is 12.7 Å². The van der Waals surface area contributed by atoms with Gasteiger partial charge in [-0.25, -0.2) is 4.79 Å². The lowest BCUT2D eigenvalue weighted by atomic mass is 9.93. The third kappa shape index (κ3) is 2.55. The van der Waals surface area contributed by atoms with Gasteiger partial charge in [-0.3, -0.25) is 4.79 Å². The highest BCUT2D eigenvalue weighted by Gasteiger charge is 2.19. The zero-order chi connectivity index (χ0) is 13.8. The van der Waals surface area contributed by atoms with Crippen molar-refractivity contribution < 1.29 is 14.3 Å². The van der Waals surface area contributed by atoms with Gasteiger partial charge in [-0.1, -0.05) is 42.5 Å². The minimum absolute atomic E-state index is 0.153. The fraction of sp³-hybridized carbons (Fsp3) is 0.125. The van der Waals surface area contributed by atoms with Crippen LogP contribution in [-0.4, -0.2) is 18.9 Å². The van der Waals surface area contributed by atoms with E-state index in [9.17, 15) is 9.59 Å². The molecule has 0 saturated carbocycles. The quantitative estimate of drug-likeness (QED) is 0.623. The van der Waals surface area contributed by atoms with Crippen LogP contribution in [0, 0.1) is 0 Å². The molecule has 0 aliphatic carbocycles. The fourth-order valence-corrected chi connectivity index (χ4v) is 2.07. The van der Waals surface area contributed by atoms with Gasteiger partial charge >= 0.3 is 5.97 Å². The molecule has 0 bridgehead atoms. The van der Waals surface area contributed by atoms with Crippen LogP contribution in [0.4, 0.5) is 0 Å². The van der Waals surface area contributed by atoms with E-state index < -0.39 is 5.97 Å². The minimum atomic E-state index is -0.497. The Morgan fingerprint density at radius 2 is 1.63 bits per heavy atom. The van der Waals surface area contributed by atoms with E-state index in [4.69, 9.17) is 4.74 Å². The summed E-state index contributed by atoms with van der Waals surface area (Å²) in [6.45, 7) is 1.45. The first-order valence-corrected chi connectivity index (χ1v) is 5.93. The summed E-state index contributed by atoms with van der Waals surface area (Å²) >= 11 is 0. The van der Waals surface area contributed by atoms with Gasteiger partial charge in [0.15, 0.2) is 5.78 Å². The average Bonchev–Trinajstić information content (AvgIpc) is 2.46. The second-order valence-electron chi connectivity index (χ2n) is 4.14. The lowest BCUT2D eigenvalue weighted by Crippen LogP contribution is -2.10. The molecule has 2 aromatic rings. The molecule has 0 amide bonds. The summed E-state index contributed by atoms with van der Waals surface area (Å²) < 4.78 is 4.73. The Balaban J connectivity index is 2.69. The van der Waals surface area contributed by atoms with E-state index in [-0.39, 0.29) is 5.78 Å². The van der Waals surface area contributed by atoms with E-state index in [1.165, 1.54) is 14.0 Å². The second kappa shape index (κ2) is 5.48.